The van der Waals surface area contributed by atoms with Crippen molar-refractivity contribution in [3.05, 3.63) is 24.2 Å². The highest BCUT2D eigenvalue weighted by Gasteiger charge is 2.44. The van der Waals surface area contributed by atoms with E-state index in [0.29, 0.717) is 6.04 Å². The van der Waals surface area contributed by atoms with Crippen LogP contribution in [0.25, 0.3) is 0 Å². The van der Waals surface area contributed by atoms with Crippen molar-refractivity contribution < 1.29 is 4.42 Å². The van der Waals surface area contributed by atoms with Crippen molar-refractivity contribution in [3.8, 4) is 0 Å². The fourth-order valence-electron chi connectivity index (χ4n) is 3.20. The molecule has 0 aromatic carbocycles. The van der Waals surface area contributed by atoms with Crippen LogP contribution in [0, 0.1) is 0 Å². The SMILES string of the molecule is CCNC(c1ccco1)C1(N(C)C)CCCC1. The molecule has 1 N–H and O–H groups in total. The fourth-order valence-corrected chi connectivity index (χ4v) is 3.20. The summed E-state index contributed by atoms with van der Waals surface area (Å²) in [5.74, 6) is 1.07. The van der Waals surface area contributed by atoms with E-state index in [9.17, 15) is 0 Å². The van der Waals surface area contributed by atoms with E-state index < -0.39 is 0 Å². The summed E-state index contributed by atoms with van der Waals surface area (Å²) in [5.41, 5.74) is 0.216. The van der Waals surface area contributed by atoms with E-state index in [4.69, 9.17) is 4.42 Å². The Morgan fingerprint density at radius 1 is 1.41 bits per heavy atom. The van der Waals surface area contributed by atoms with Gasteiger partial charge in [-0.2, -0.15) is 0 Å². The monoisotopic (exact) mass is 236 g/mol. The Balaban J connectivity index is 2.30. The van der Waals surface area contributed by atoms with Gasteiger partial charge in [0.15, 0.2) is 0 Å². The number of furan rings is 1. The lowest BCUT2D eigenvalue weighted by Crippen LogP contribution is -2.51. The van der Waals surface area contributed by atoms with Crippen LogP contribution in [0.15, 0.2) is 22.8 Å². The molecule has 0 saturated heterocycles. The number of nitrogens with one attached hydrogen (secondary N) is 1. The first-order chi connectivity index (χ1) is 8.20. The zero-order valence-corrected chi connectivity index (χ0v) is 11.2. The Kier molecular flexibility index (Phi) is 3.89. The lowest BCUT2D eigenvalue weighted by Gasteiger charge is -2.42. The fraction of sp³-hybridized carbons (Fsp3) is 0.714. The van der Waals surface area contributed by atoms with Gasteiger partial charge in [-0.25, -0.2) is 0 Å². The van der Waals surface area contributed by atoms with Crippen LogP contribution in [-0.2, 0) is 0 Å². The normalized spacial score (nSPS) is 20.9. The molecule has 1 unspecified atom stereocenters. The van der Waals surface area contributed by atoms with Crippen molar-refractivity contribution in [1.82, 2.24) is 10.2 Å². The highest BCUT2D eigenvalue weighted by Crippen LogP contribution is 2.43. The minimum absolute atomic E-state index is 0.216. The molecule has 1 aliphatic rings. The maximum Gasteiger partial charge on any atom is 0.122 e. The molecule has 0 amide bonds. The third-order valence-corrected chi connectivity index (χ3v) is 4.13. The van der Waals surface area contributed by atoms with Crippen molar-refractivity contribution in [2.24, 2.45) is 0 Å². The second-order valence-corrected chi connectivity index (χ2v) is 5.21. The quantitative estimate of drug-likeness (QED) is 0.852. The van der Waals surface area contributed by atoms with Gasteiger partial charge in [0.1, 0.15) is 5.76 Å². The van der Waals surface area contributed by atoms with Gasteiger partial charge in [0.2, 0.25) is 0 Å². The van der Waals surface area contributed by atoms with Gasteiger partial charge in [-0.1, -0.05) is 19.8 Å². The van der Waals surface area contributed by atoms with Crippen LogP contribution in [0.4, 0.5) is 0 Å². The zero-order valence-electron chi connectivity index (χ0n) is 11.2. The molecule has 96 valence electrons. The summed E-state index contributed by atoms with van der Waals surface area (Å²) in [6.45, 7) is 3.13. The number of hydrogen-bond donors (Lipinski definition) is 1. The molecule has 3 heteroatoms. The van der Waals surface area contributed by atoms with Crippen molar-refractivity contribution in [2.45, 2.75) is 44.2 Å². The summed E-state index contributed by atoms with van der Waals surface area (Å²) >= 11 is 0. The van der Waals surface area contributed by atoms with Gasteiger partial charge >= 0.3 is 0 Å². The predicted octanol–water partition coefficient (Wildman–Crippen LogP) is 2.80. The molecule has 1 aromatic heterocycles. The third kappa shape index (κ3) is 2.26. The summed E-state index contributed by atoms with van der Waals surface area (Å²) in [7, 11) is 4.39. The number of nitrogens with zero attached hydrogens (tertiary/aromatic N) is 1. The van der Waals surface area contributed by atoms with Gasteiger partial charge in [-0.05, 0) is 45.6 Å². The van der Waals surface area contributed by atoms with Crippen molar-refractivity contribution in [2.75, 3.05) is 20.6 Å². The Labute approximate surface area is 104 Å². The molecule has 2 rings (SSSR count). The zero-order chi connectivity index (χ0) is 12.3. The molecule has 1 aromatic rings. The lowest BCUT2D eigenvalue weighted by atomic mass is 9.85. The molecular formula is C14H24N2O. The molecule has 1 fully saturated rings. The first-order valence-corrected chi connectivity index (χ1v) is 6.65. The Morgan fingerprint density at radius 3 is 2.59 bits per heavy atom. The molecule has 1 heterocycles. The molecule has 0 radical (unpaired) electrons. The van der Waals surface area contributed by atoms with E-state index in [0.717, 1.165) is 12.3 Å². The van der Waals surface area contributed by atoms with E-state index in [1.165, 1.54) is 25.7 Å². The largest absolute Gasteiger partial charge is 0.468 e. The molecule has 0 bridgehead atoms. The minimum Gasteiger partial charge on any atom is -0.468 e. The molecule has 17 heavy (non-hydrogen) atoms. The topological polar surface area (TPSA) is 28.4 Å². The molecule has 1 atom stereocenters. The van der Waals surface area contributed by atoms with E-state index >= 15 is 0 Å². The van der Waals surface area contributed by atoms with Gasteiger partial charge in [-0.3, -0.25) is 0 Å². The summed E-state index contributed by atoms with van der Waals surface area (Å²) in [4.78, 5) is 2.38. The highest BCUT2D eigenvalue weighted by atomic mass is 16.3. The maximum atomic E-state index is 5.65. The molecular weight excluding hydrogens is 212 g/mol. The lowest BCUT2D eigenvalue weighted by molar-refractivity contribution is 0.0941. The van der Waals surface area contributed by atoms with Gasteiger partial charge in [-0.15, -0.1) is 0 Å². The van der Waals surface area contributed by atoms with E-state index in [-0.39, 0.29) is 5.54 Å². The van der Waals surface area contributed by atoms with Crippen molar-refractivity contribution in [3.63, 3.8) is 0 Å². The van der Waals surface area contributed by atoms with Crippen molar-refractivity contribution >= 4 is 0 Å². The molecule has 0 spiro atoms. The average Bonchev–Trinajstić information content (AvgIpc) is 2.98. The minimum atomic E-state index is 0.216. The van der Waals surface area contributed by atoms with Crippen molar-refractivity contribution in [1.29, 1.82) is 0 Å². The average molecular weight is 236 g/mol. The Bertz CT molecular complexity index is 326. The van der Waals surface area contributed by atoms with Crippen LogP contribution in [0.2, 0.25) is 0 Å². The molecule has 0 aliphatic heterocycles. The van der Waals surface area contributed by atoms with Crippen LogP contribution >= 0.6 is 0 Å². The summed E-state index contributed by atoms with van der Waals surface area (Å²) in [6, 6.07) is 4.38. The third-order valence-electron chi connectivity index (χ3n) is 4.13. The van der Waals surface area contributed by atoms with Crippen LogP contribution in [0.1, 0.15) is 44.4 Å². The second-order valence-electron chi connectivity index (χ2n) is 5.21. The van der Waals surface area contributed by atoms with E-state index in [1.54, 1.807) is 6.26 Å². The standard InChI is InChI=1S/C14H24N2O/c1-4-15-13(12-8-7-11-17-12)14(16(2)3)9-5-6-10-14/h7-8,11,13,15H,4-6,9-10H2,1-3H3. The van der Waals surface area contributed by atoms with Gasteiger partial charge < -0.3 is 14.6 Å². The van der Waals surface area contributed by atoms with Crippen LogP contribution in [0.3, 0.4) is 0 Å². The van der Waals surface area contributed by atoms with E-state index in [1.807, 2.05) is 6.07 Å². The summed E-state index contributed by atoms with van der Waals surface area (Å²) in [6.07, 6.45) is 6.91. The number of rotatable bonds is 5. The predicted molar refractivity (Wildman–Crippen MR) is 70.0 cm³/mol. The number of hydrogen-bond acceptors (Lipinski definition) is 3. The smallest absolute Gasteiger partial charge is 0.122 e. The van der Waals surface area contributed by atoms with Gasteiger partial charge in [0, 0.05) is 5.54 Å². The molecule has 3 nitrogen and oxygen atoms in total. The molecule has 1 aliphatic carbocycles. The molecule has 1 saturated carbocycles. The second kappa shape index (κ2) is 5.23. The Hall–Kier alpha value is -0.800. The van der Waals surface area contributed by atoms with Gasteiger partial charge in [0.05, 0.1) is 12.3 Å². The first kappa shape index (κ1) is 12.7. The van der Waals surface area contributed by atoms with Gasteiger partial charge in [0.25, 0.3) is 0 Å². The Morgan fingerprint density at radius 2 is 2.12 bits per heavy atom. The number of likely N-dealkylation sites (N-methyl/N-ethyl adjacent to an activating group) is 2. The van der Waals surface area contributed by atoms with Crippen LogP contribution < -0.4 is 5.32 Å². The summed E-state index contributed by atoms with van der Waals surface area (Å²) in [5, 5.41) is 3.61. The first-order valence-electron chi connectivity index (χ1n) is 6.65. The summed E-state index contributed by atoms with van der Waals surface area (Å²) < 4.78 is 5.65. The van der Waals surface area contributed by atoms with Crippen LogP contribution in [0.5, 0.6) is 0 Å². The van der Waals surface area contributed by atoms with Crippen LogP contribution in [-0.4, -0.2) is 31.1 Å². The maximum absolute atomic E-state index is 5.65. The highest BCUT2D eigenvalue weighted by molar-refractivity contribution is 5.14. The van der Waals surface area contributed by atoms with E-state index in [2.05, 4.69) is 37.3 Å².